The fraction of sp³-hybridized carbons (Fsp3) is 0.150. The smallest absolute Gasteiger partial charge is 0.0580 e. The van der Waals surface area contributed by atoms with Crippen molar-refractivity contribution in [3.8, 4) is 5.69 Å². The summed E-state index contributed by atoms with van der Waals surface area (Å²) in [5.41, 5.74) is 8.81. The molecule has 0 aliphatic carbocycles. The van der Waals surface area contributed by atoms with Gasteiger partial charge in [-0.25, -0.2) is 0 Å². The quantitative estimate of drug-likeness (QED) is 0.423. The van der Waals surface area contributed by atoms with Gasteiger partial charge in [0.05, 0.1) is 12.8 Å². The van der Waals surface area contributed by atoms with Gasteiger partial charge in [-0.05, 0) is 61.9 Å². The molecule has 25 heavy (non-hydrogen) atoms. The number of hydrogen-bond donors (Lipinski definition) is 1. The molecule has 0 amide bonds. The molecule has 0 atom stereocenters. The normalized spacial score (nSPS) is 11.2. The molecule has 0 radical (unpaired) electrons. The molecule has 1 aromatic heterocycles. The number of hydrogen-bond acceptors (Lipinski definition) is 2. The number of nitrogens with zero attached hydrogens (tertiary/aromatic N) is 2. The first kappa shape index (κ1) is 17.8. The van der Waals surface area contributed by atoms with Crippen molar-refractivity contribution in [3.05, 3.63) is 86.6 Å². The average molecular weight is 417 g/mol. The molecule has 5 heteroatoms. The lowest BCUT2D eigenvalue weighted by molar-refractivity contribution is 0.748. The molecule has 0 aliphatic rings. The third kappa shape index (κ3) is 4.33. The maximum absolute atomic E-state index is 5.89. The Bertz CT molecular complexity index is 881. The summed E-state index contributed by atoms with van der Waals surface area (Å²) in [6.45, 7) is 4.88. The van der Waals surface area contributed by atoms with Crippen LogP contribution in [0, 0.1) is 13.8 Å². The highest BCUT2D eigenvalue weighted by Crippen LogP contribution is 2.21. The zero-order valence-corrected chi connectivity index (χ0v) is 16.5. The molecule has 3 rings (SSSR count). The van der Waals surface area contributed by atoms with E-state index in [-0.39, 0.29) is 0 Å². The maximum Gasteiger partial charge on any atom is 0.0580 e. The Labute approximate surface area is 161 Å². The first-order valence-corrected chi connectivity index (χ1v) is 9.17. The molecule has 1 heterocycles. The van der Waals surface area contributed by atoms with Crippen LogP contribution in [0.5, 0.6) is 0 Å². The van der Waals surface area contributed by atoms with E-state index in [9.17, 15) is 0 Å². The van der Waals surface area contributed by atoms with E-state index in [1.165, 1.54) is 5.69 Å². The Morgan fingerprint density at radius 2 is 1.76 bits per heavy atom. The zero-order chi connectivity index (χ0) is 17.8. The van der Waals surface area contributed by atoms with E-state index in [1.807, 2.05) is 30.5 Å². The fourth-order valence-electron chi connectivity index (χ4n) is 2.76. The van der Waals surface area contributed by atoms with Crippen LogP contribution in [0.3, 0.4) is 0 Å². The van der Waals surface area contributed by atoms with Crippen LogP contribution in [0.15, 0.2) is 64.2 Å². The first-order chi connectivity index (χ1) is 12.0. The van der Waals surface area contributed by atoms with Crippen LogP contribution in [0.25, 0.3) is 5.69 Å². The lowest BCUT2D eigenvalue weighted by Crippen LogP contribution is -2.05. The van der Waals surface area contributed by atoms with Crippen molar-refractivity contribution in [3.63, 3.8) is 0 Å². The summed E-state index contributed by atoms with van der Waals surface area (Å²) in [5, 5.41) is 5.10. The Kier molecular flexibility index (Phi) is 5.61. The summed E-state index contributed by atoms with van der Waals surface area (Å²) in [4.78, 5) is 0. The predicted molar refractivity (Wildman–Crippen MR) is 109 cm³/mol. The van der Waals surface area contributed by atoms with Gasteiger partial charge in [-0.3, -0.25) is 0 Å². The van der Waals surface area contributed by atoms with Crippen LogP contribution in [-0.2, 0) is 6.54 Å². The Morgan fingerprint density at radius 1 is 1.08 bits per heavy atom. The summed E-state index contributed by atoms with van der Waals surface area (Å²) in [6, 6.07) is 18.2. The van der Waals surface area contributed by atoms with E-state index in [2.05, 4.69) is 75.2 Å². The van der Waals surface area contributed by atoms with Gasteiger partial charge >= 0.3 is 0 Å². The van der Waals surface area contributed by atoms with E-state index >= 15 is 0 Å². The monoisotopic (exact) mass is 415 g/mol. The highest BCUT2D eigenvalue weighted by Gasteiger charge is 2.09. The molecule has 0 bridgehead atoms. The van der Waals surface area contributed by atoms with Gasteiger partial charge in [0.2, 0.25) is 0 Å². The molecule has 3 nitrogen and oxygen atoms in total. The summed E-state index contributed by atoms with van der Waals surface area (Å²) in [6.07, 6.45) is 1.87. The number of halogens is 2. The SMILES string of the molecule is Cc1cc(/C=N\NCc2ccc(Cl)cc2)c(C)n1-c1ccc(Br)cc1. The van der Waals surface area contributed by atoms with Crippen LogP contribution in [0.1, 0.15) is 22.5 Å². The van der Waals surface area contributed by atoms with Crippen LogP contribution in [0.4, 0.5) is 0 Å². The number of aromatic nitrogens is 1. The van der Waals surface area contributed by atoms with Gasteiger partial charge in [0.15, 0.2) is 0 Å². The molecule has 0 spiro atoms. The lowest BCUT2D eigenvalue weighted by atomic mass is 10.2. The molecule has 0 saturated heterocycles. The largest absolute Gasteiger partial charge is 0.318 e. The number of nitrogens with one attached hydrogen (secondary N) is 1. The van der Waals surface area contributed by atoms with Crippen molar-refractivity contribution < 1.29 is 0 Å². The van der Waals surface area contributed by atoms with Gasteiger partial charge in [-0.15, -0.1) is 0 Å². The maximum atomic E-state index is 5.89. The molecule has 0 fully saturated rings. The van der Waals surface area contributed by atoms with Crippen molar-refractivity contribution in [1.82, 2.24) is 9.99 Å². The minimum absolute atomic E-state index is 0.666. The Morgan fingerprint density at radius 3 is 2.44 bits per heavy atom. The van der Waals surface area contributed by atoms with E-state index in [4.69, 9.17) is 11.6 Å². The third-order valence-corrected chi connectivity index (χ3v) is 4.83. The zero-order valence-electron chi connectivity index (χ0n) is 14.1. The lowest BCUT2D eigenvalue weighted by Gasteiger charge is -2.09. The van der Waals surface area contributed by atoms with E-state index in [0.29, 0.717) is 6.54 Å². The molecule has 0 aliphatic heterocycles. The highest BCUT2D eigenvalue weighted by atomic mass is 79.9. The summed E-state index contributed by atoms with van der Waals surface area (Å²) in [7, 11) is 0. The molecule has 1 N–H and O–H groups in total. The standard InChI is InChI=1S/C20H19BrClN3/c1-14-11-17(13-24-23-12-16-3-7-19(22)8-4-16)15(2)25(14)20-9-5-18(21)6-10-20/h3-11,13,23H,12H2,1-2H3/b24-13-. The minimum atomic E-state index is 0.666. The second-order valence-corrected chi connectivity index (χ2v) is 7.21. The number of rotatable bonds is 5. The van der Waals surface area contributed by atoms with Gasteiger partial charge in [0.1, 0.15) is 0 Å². The van der Waals surface area contributed by atoms with Crippen molar-refractivity contribution in [1.29, 1.82) is 0 Å². The van der Waals surface area contributed by atoms with Gasteiger partial charge < -0.3 is 9.99 Å². The van der Waals surface area contributed by atoms with Gasteiger partial charge in [-0.2, -0.15) is 5.10 Å². The van der Waals surface area contributed by atoms with Crippen molar-refractivity contribution in [2.24, 2.45) is 5.10 Å². The topological polar surface area (TPSA) is 29.3 Å². The summed E-state index contributed by atoms with van der Waals surface area (Å²) in [5.74, 6) is 0. The summed E-state index contributed by atoms with van der Waals surface area (Å²) < 4.78 is 3.30. The van der Waals surface area contributed by atoms with E-state index < -0.39 is 0 Å². The molecular weight excluding hydrogens is 398 g/mol. The second-order valence-electron chi connectivity index (χ2n) is 5.86. The van der Waals surface area contributed by atoms with Gasteiger partial charge in [0.25, 0.3) is 0 Å². The molecular formula is C20H19BrClN3. The third-order valence-electron chi connectivity index (χ3n) is 4.05. The minimum Gasteiger partial charge on any atom is -0.318 e. The first-order valence-electron chi connectivity index (χ1n) is 8.00. The number of aryl methyl sites for hydroxylation is 1. The molecule has 2 aromatic carbocycles. The second kappa shape index (κ2) is 7.89. The average Bonchev–Trinajstić information content (AvgIpc) is 2.88. The van der Waals surface area contributed by atoms with Gasteiger partial charge in [0, 0.05) is 32.1 Å². The van der Waals surface area contributed by atoms with Crippen molar-refractivity contribution in [2.45, 2.75) is 20.4 Å². The van der Waals surface area contributed by atoms with Gasteiger partial charge in [-0.1, -0.05) is 39.7 Å². The van der Waals surface area contributed by atoms with Crippen molar-refractivity contribution >= 4 is 33.7 Å². The Hall–Kier alpha value is -2.04. The van der Waals surface area contributed by atoms with E-state index in [0.717, 1.165) is 32.0 Å². The number of benzene rings is 2. The van der Waals surface area contributed by atoms with Crippen LogP contribution in [-0.4, -0.2) is 10.8 Å². The molecule has 128 valence electrons. The van der Waals surface area contributed by atoms with Crippen molar-refractivity contribution in [2.75, 3.05) is 0 Å². The predicted octanol–water partition coefficient (Wildman–Crippen LogP) is 5.63. The van der Waals surface area contributed by atoms with Crippen LogP contribution >= 0.6 is 27.5 Å². The molecule has 0 unspecified atom stereocenters. The number of hydrazone groups is 1. The van der Waals surface area contributed by atoms with E-state index in [1.54, 1.807) is 0 Å². The molecule has 3 aromatic rings. The fourth-order valence-corrected chi connectivity index (χ4v) is 3.15. The summed E-state index contributed by atoms with van der Waals surface area (Å²) >= 11 is 9.37. The highest BCUT2D eigenvalue weighted by molar-refractivity contribution is 9.10. The van der Waals surface area contributed by atoms with Crippen LogP contribution < -0.4 is 5.43 Å². The molecule has 0 saturated carbocycles. The van der Waals surface area contributed by atoms with Crippen LogP contribution in [0.2, 0.25) is 5.02 Å². The Balaban J connectivity index is 1.71.